The van der Waals surface area contributed by atoms with Gasteiger partial charge in [0.05, 0.1) is 10.7 Å². The van der Waals surface area contributed by atoms with Crippen LogP contribution in [0.15, 0.2) is 0 Å². The molecule has 1 atom stereocenters. The summed E-state index contributed by atoms with van der Waals surface area (Å²) >= 11 is 1.91. The van der Waals surface area contributed by atoms with Gasteiger partial charge in [0.1, 0.15) is 0 Å². The number of fused-ring (bicyclic) bond motifs is 1. The fourth-order valence-electron chi connectivity index (χ4n) is 2.02. The Kier molecular flexibility index (Phi) is 3.19. The van der Waals surface area contributed by atoms with E-state index in [0.717, 1.165) is 19.4 Å². The van der Waals surface area contributed by atoms with Crippen molar-refractivity contribution in [3.8, 4) is 0 Å². The molecule has 0 saturated heterocycles. The van der Waals surface area contributed by atoms with Crippen LogP contribution in [-0.4, -0.2) is 11.5 Å². The van der Waals surface area contributed by atoms with Crippen molar-refractivity contribution in [1.29, 1.82) is 0 Å². The largest absolute Gasteiger partial charge is 0.330 e. The lowest BCUT2D eigenvalue weighted by atomic mass is 9.91. The molecule has 1 aliphatic rings. The van der Waals surface area contributed by atoms with E-state index in [2.05, 4.69) is 11.9 Å². The standard InChI is InChI=1S/C11H18N2S/c1-2-3-11-13-9-5-4-8(7-12)6-10(9)14-11/h8H,2-7,12H2,1H3. The van der Waals surface area contributed by atoms with Gasteiger partial charge in [0.25, 0.3) is 0 Å². The molecule has 0 radical (unpaired) electrons. The molecule has 1 aromatic heterocycles. The lowest BCUT2D eigenvalue weighted by Gasteiger charge is -2.18. The van der Waals surface area contributed by atoms with Crippen molar-refractivity contribution < 1.29 is 0 Å². The Morgan fingerprint density at radius 1 is 1.57 bits per heavy atom. The molecule has 0 aliphatic heterocycles. The molecule has 2 nitrogen and oxygen atoms in total. The topological polar surface area (TPSA) is 38.9 Å². The summed E-state index contributed by atoms with van der Waals surface area (Å²) in [4.78, 5) is 6.20. The first-order valence-corrected chi connectivity index (χ1v) is 6.32. The number of hydrogen-bond donors (Lipinski definition) is 1. The maximum atomic E-state index is 5.71. The van der Waals surface area contributed by atoms with Crippen LogP contribution in [0.25, 0.3) is 0 Å². The van der Waals surface area contributed by atoms with Crippen LogP contribution in [0.4, 0.5) is 0 Å². The van der Waals surface area contributed by atoms with E-state index in [9.17, 15) is 0 Å². The van der Waals surface area contributed by atoms with Gasteiger partial charge in [-0.1, -0.05) is 6.92 Å². The molecule has 1 aromatic rings. The van der Waals surface area contributed by atoms with Crippen molar-refractivity contribution in [3.05, 3.63) is 15.6 Å². The molecule has 2 N–H and O–H groups in total. The highest BCUT2D eigenvalue weighted by Crippen LogP contribution is 2.29. The number of rotatable bonds is 3. The first-order chi connectivity index (χ1) is 6.83. The van der Waals surface area contributed by atoms with Crippen LogP contribution in [0.5, 0.6) is 0 Å². The summed E-state index contributed by atoms with van der Waals surface area (Å²) in [5.74, 6) is 0.706. The van der Waals surface area contributed by atoms with Crippen molar-refractivity contribution in [2.75, 3.05) is 6.54 Å². The minimum Gasteiger partial charge on any atom is -0.330 e. The van der Waals surface area contributed by atoms with E-state index < -0.39 is 0 Å². The van der Waals surface area contributed by atoms with Gasteiger partial charge in [0, 0.05) is 4.88 Å². The molecule has 1 aliphatic carbocycles. The molecule has 78 valence electrons. The Bertz CT molecular complexity index is 306. The Morgan fingerprint density at radius 3 is 3.14 bits per heavy atom. The van der Waals surface area contributed by atoms with Gasteiger partial charge in [-0.25, -0.2) is 4.98 Å². The predicted molar refractivity (Wildman–Crippen MR) is 60.7 cm³/mol. The second-order valence-electron chi connectivity index (χ2n) is 4.07. The Balaban J connectivity index is 2.12. The number of hydrogen-bond acceptors (Lipinski definition) is 3. The van der Waals surface area contributed by atoms with E-state index >= 15 is 0 Å². The summed E-state index contributed by atoms with van der Waals surface area (Å²) in [6.07, 6.45) is 5.90. The molecule has 0 amide bonds. The average Bonchev–Trinajstić information content (AvgIpc) is 2.59. The summed E-state index contributed by atoms with van der Waals surface area (Å²) < 4.78 is 0. The quantitative estimate of drug-likeness (QED) is 0.830. The maximum absolute atomic E-state index is 5.71. The van der Waals surface area contributed by atoms with E-state index in [1.807, 2.05) is 11.3 Å². The van der Waals surface area contributed by atoms with Crippen LogP contribution >= 0.6 is 11.3 Å². The van der Waals surface area contributed by atoms with Crippen LogP contribution in [0, 0.1) is 5.92 Å². The third-order valence-corrected chi connectivity index (χ3v) is 4.06. The summed E-state index contributed by atoms with van der Waals surface area (Å²) in [6.45, 7) is 3.05. The van der Waals surface area contributed by atoms with E-state index in [1.54, 1.807) is 0 Å². The van der Waals surface area contributed by atoms with Gasteiger partial charge < -0.3 is 5.73 Å². The summed E-state index contributed by atoms with van der Waals surface area (Å²) in [6, 6.07) is 0. The van der Waals surface area contributed by atoms with Gasteiger partial charge in [-0.2, -0.15) is 0 Å². The van der Waals surface area contributed by atoms with Gasteiger partial charge in [0.15, 0.2) is 0 Å². The molecule has 0 saturated carbocycles. The molecule has 1 unspecified atom stereocenters. The van der Waals surface area contributed by atoms with Gasteiger partial charge in [0.2, 0.25) is 0 Å². The van der Waals surface area contributed by atoms with Crippen LogP contribution in [-0.2, 0) is 19.3 Å². The minimum absolute atomic E-state index is 0.706. The SMILES string of the molecule is CCCc1nc2c(s1)CC(CN)CC2. The zero-order valence-corrected chi connectivity index (χ0v) is 9.57. The van der Waals surface area contributed by atoms with Crippen LogP contribution in [0.2, 0.25) is 0 Å². The van der Waals surface area contributed by atoms with Crippen molar-refractivity contribution >= 4 is 11.3 Å². The zero-order chi connectivity index (χ0) is 9.97. The molecule has 0 spiro atoms. The van der Waals surface area contributed by atoms with Crippen molar-refractivity contribution in [2.45, 2.75) is 39.0 Å². The Morgan fingerprint density at radius 2 is 2.43 bits per heavy atom. The van der Waals surface area contributed by atoms with Crippen LogP contribution < -0.4 is 5.73 Å². The average molecular weight is 210 g/mol. The lowest BCUT2D eigenvalue weighted by Crippen LogP contribution is -2.21. The van der Waals surface area contributed by atoms with Crippen LogP contribution in [0.3, 0.4) is 0 Å². The summed E-state index contributed by atoms with van der Waals surface area (Å²) in [5, 5.41) is 1.33. The molecule has 2 rings (SSSR count). The molecular weight excluding hydrogens is 192 g/mol. The third kappa shape index (κ3) is 1.98. The third-order valence-electron chi connectivity index (χ3n) is 2.88. The number of aryl methyl sites for hydroxylation is 2. The van der Waals surface area contributed by atoms with Gasteiger partial charge in [-0.3, -0.25) is 0 Å². The normalized spacial score (nSPS) is 20.9. The predicted octanol–water partition coefficient (Wildman–Crippen LogP) is 2.16. The van der Waals surface area contributed by atoms with Crippen molar-refractivity contribution in [3.63, 3.8) is 0 Å². The molecule has 1 heterocycles. The molecule has 0 bridgehead atoms. The summed E-state index contributed by atoms with van der Waals surface area (Å²) in [5.41, 5.74) is 7.07. The summed E-state index contributed by atoms with van der Waals surface area (Å²) in [7, 11) is 0. The second kappa shape index (κ2) is 4.41. The van der Waals surface area contributed by atoms with E-state index in [1.165, 1.54) is 34.8 Å². The maximum Gasteiger partial charge on any atom is 0.0931 e. The van der Waals surface area contributed by atoms with Crippen molar-refractivity contribution in [2.24, 2.45) is 11.7 Å². The minimum atomic E-state index is 0.706. The molecular formula is C11H18N2S. The molecule has 14 heavy (non-hydrogen) atoms. The Labute approximate surface area is 89.5 Å². The van der Waals surface area contributed by atoms with Gasteiger partial charge in [-0.15, -0.1) is 11.3 Å². The van der Waals surface area contributed by atoms with E-state index in [4.69, 9.17) is 5.73 Å². The fourth-order valence-corrected chi connectivity index (χ4v) is 3.35. The van der Waals surface area contributed by atoms with E-state index in [0.29, 0.717) is 5.92 Å². The first-order valence-electron chi connectivity index (χ1n) is 5.51. The first kappa shape index (κ1) is 10.1. The molecule has 0 fully saturated rings. The number of nitrogens with two attached hydrogens (primary N) is 1. The monoisotopic (exact) mass is 210 g/mol. The fraction of sp³-hybridized carbons (Fsp3) is 0.727. The molecule has 0 aromatic carbocycles. The highest BCUT2D eigenvalue weighted by atomic mass is 32.1. The Hall–Kier alpha value is -0.410. The molecule has 3 heteroatoms. The lowest BCUT2D eigenvalue weighted by molar-refractivity contribution is 0.469. The van der Waals surface area contributed by atoms with Crippen LogP contribution in [0.1, 0.15) is 35.3 Å². The highest BCUT2D eigenvalue weighted by Gasteiger charge is 2.21. The smallest absolute Gasteiger partial charge is 0.0931 e. The van der Waals surface area contributed by atoms with Crippen molar-refractivity contribution in [1.82, 2.24) is 4.98 Å². The van der Waals surface area contributed by atoms with E-state index in [-0.39, 0.29) is 0 Å². The van der Waals surface area contributed by atoms with Gasteiger partial charge >= 0.3 is 0 Å². The van der Waals surface area contributed by atoms with Gasteiger partial charge in [-0.05, 0) is 44.6 Å². The number of nitrogens with zero attached hydrogens (tertiary/aromatic N) is 1. The highest BCUT2D eigenvalue weighted by molar-refractivity contribution is 7.11. The number of thiazole rings is 1. The second-order valence-corrected chi connectivity index (χ2v) is 5.24. The zero-order valence-electron chi connectivity index (χ0n) is 8.75. The number of aromatic nitrogens is 1.